The summed E-state index contributed by atoms with van der Waals surface area (Å²) in [5.74, 6) is 4.33. The SMILES string of the molecule is Cc1cccc2[nH]c(CC34CC5CC(CC(C5)C3)C4)nc12. The highest BCUT2D eigenvalue weighted by Gasteiger charge is 2.50. The normalized spacial score (nSPS) is 37.5. The van der Waals surface area contributed by atoms with E-state index in [9.17, 15) is 0 Å². The van der Waals surface area contributed by atoms with Crippen LogP contribution in [0.3, 0.4) is 0 Å². The van der Waals surface area contributed by atoms with Crippen molar-refractivity contribution >= 4 is 11.0 Å². The fraction of sp³-hybridized carbons (Fsp3) is 0.632. The maximum absolute atomic E-state index is 4.93. The summed E-state index contributed by atoms with van der Waals surface area (Å²) >= 11 is 0. The van der Waals surface area contributed by atoms with Crippen LogP contribution in [-0.2, 0) is 6.42 Å². The van der Waals surface area contributed by atoms with Gasteiger partial charge in [-0.1, -0.05) is 12.1 Å². The number of benzene rings is 1. The molecule has 4 fully saturated rings. The lowest BCUT2D eigenvalue weighted by atomic mass is 9.49. The van der Waals surface area contributed by atoms with Crippen LogP contribution in [0.1, 0.15) is 49.9 Å². The first-order valence-corrected chi connectivity index (χ1v) is 8.63. The first-order chi connectivity index (χ1) is 10.2. The van der Waals surface area contributed by atoms with Gasteiger partial charge in [0.1, 0.15) is 5.82 Å². The lowest BCUT2D eigenvalue weighted by Crippen LogP contribution is -2.47. The maximum Gasteiger partial charge on any atom is 0.107 e. The van der Waals surface area contributed by atoms with Crippen LogP contribution in [0, 0.1) is 30.1 Å². The molecule has 4 aliphatic rings. The number of H-pyrrole nitrogens is 1. The van der Waals surface area contributed by atoms with E-state index in [4.69, 9.17) is 4.98 Å². The van der Waals surface area contributed by atoms with Crippen LogP contribution >= 0.6 is 0 Å². The molecule has 0 saturated heterocycles. The van der Waals surface area contributed by atoms with Gasteiger partial charge in [-0.05, 0) is 80.2 Å². The topological polar surface area (TPSA) is 28.7 Å². The molecule has 0 unspecified atom stereocenters. The molecule has 1 heterocycles. The molecular formula is C19H24N2. The van der Waals surface area contributed by atoms with Gasteiger partial charge in [0.2, 0.25) is 0 Å². The number of aromatic amines is 1. The third-order valence-corrected chi connectivity index (χ3v) is 6.47. The Morgan fingerprint density at radius 2 is 1.76 bits per heavy atom. The Morgan fingerprint density at radius 3 is 2.38 bits per heavy atom. The molecule has 0 radical (unpaired) electrons. The predicted molar refractivity (Wildman–Crippen MR) is 85.1 cm³/mol. The third kappa shape index (κ3) is 1.88. The van der Waals surface area contributed by atoms with E-state index in [1.54, 1.807) is 0 Å². The minimum atomic E-state index is 0.580. The Morgan fingerprint density at radius 1 is 1.10 bits per heavy atom. The molecule has 0 aliphatic heterocycles. The van der Waals surface area contributed by atoms with Gasteiger partial charge in [0.15, 0.2) is 0 Å². The van der Waals surface area contributed by atoms with Gasteiger partial charge in [0.25, 0.3) is 0 Å². The minimum absolute atomic E-state index is 0.580. The average Bonchev–Trinajstić information content (AvgIpc) is 2.80. The lowest BCUT2D eigenvalue weighted by Gasteiger charge is -2.56. The number of fused-ring (bicyclic) bond motifs is 1. The third-order valence-electron chi connectivity index (χ3n) is 6.47. The van der Waals surface area contributed by atoms with Crippen LogP contribution in [0.5, 0.6) is 0 Å². The fourth-order valence-electron chi connectivity index (χ4n) is 6.17. The molecule has 4 saturated carbocycles. The van der Waals surface area contributed by atoms with Crippen LogP contribution in [0.25, 0.3) is 11.0 Å². The molecule has 4 bridgehead atoms. The van der Waals surface area contributed by atoms with Gasteiger partial charge in [0, 0.05) is 6.42 Å². The molecule has 2 nitrogen and oxygen atoms in total. The van der Waals surface area contributed by atoms with Crippen molar-refractivity contribution in [1.29, 1.82) is 0 Å². The summed E-state index contributed by atoms with van der Waals surface area (Å²) in [5.41, 5.74) is 4.27. The Hall–Kier alpha value is -1.31. The van der Waals surface area contributed by atoms with Gasteiger partial charge in [0.05, 0.1) is 11.0 Å². The van der Waals surface area contributed by atoms with Gasteiger partial charge in [-0.15, -0.1) is 0 Å². The van der Waals surface area contributed by atoms with E-state index in [0.717, 1.165) is 17.8 Å². The van der Waals surface area contributed by atoms with Crippen molar-refractivity contribution in [3.05, 3.63) is 29.6 Å². The summed E-state index contributed by atoms with van der Waals surface area (Å²) in [5, 5.41) is 0. The van der Waals surface area contributed by atoms with Crippen LogP contribution in [0.2, 0.25) is 0 Å². The maximum atomic E-state index is 4.93. The van der Waals surface area contributed by atoms with Crippen molar-refractivity contribution in [2.45, 2.75) is 51.9 Å². The summed E-state index contributed by atoms with van der Waals surface area (Å²) in [6.07, 6.45) is 10.2. The zero-order chi connectivity index (χ0) is 14.0. The van der Waals surface area contributed by atoms with E-state index in [0.29, 0.717) is 5.41 Å². The molecule has 0 atom stereocenters. The quantitative estimate of drug-likeness (QED) is 0.853. The van der Waals surface area contributed by atoms with E-state index in [1.165, 1.54) is 67.4 Å². The Labute approximate surface area is 126 Å². The van der Waals surface area contributed by atoms with Gasteiger partial charge < -0.3 is 4.98 Å². The summed E-state index contributed by atoms with van der Waals surface area (Å²) in [4.78, 5) is 8.53. The van der Waals surface area contributed by atoms with Gasteiger partial charge in [-0.3, -0.25) is 0 Å². The molecule has 1 N–H and O–H groups in total. The highest BCUT2D eigenvalue weighted by atomic mass is 14.9. The van der Waals surface area contributed by atoms with Crippen molar-refractivity contribution < 1.29 is 0 Å². The molecule has 2 aromatic rings. The van der Waals surface area contributed by atoms with Gasteiger partial charge >= 0.3 is 0 Å². The van der Waals surface area contributed by atoms with Gasteiger partial charge in [-0.2, -0.15) is 0 Å². The van der Waals surface area contributed by atoms with Crippen molar-refractivity contribution in [3.8, 4) is 0 Å². The van der Waals surface area contributed by atoms with Crippen LogP contribution in [0.4, 0.5) is 0 Å². The monoisotopic (exact) mass is 280 g/mol. The summed E-state index contributed by atoms with van der Waals surface area (Å²) in [6.45, 7) is 2.16. The molecule has 110 valence electrons. The largest absolute Gasteiger partial charge is 0.342 e. The molecule has 0 amide bonds. The Kier molecular flexibility index (Phi) is 2.40. The summed E-state index contributed by atoms with van der Waals surface area (Å²) in [6, 6.07) is 6.46. The van der Waals surface area contributed by atoms with Crippen LogP contribution < -0.4 is 0 Å². The molecule has 1 aromatic heterocycles. The number of aromatic nitrogens is 2. The second kappa shape index (κ2) is 4.12. The zero-order valence-electron chi connectivity index (χ0n) is 12.9. The number of imidazole rings is 1. The number of hydrogen-bond acceptors (Lipinski definition) is 1. The van der Waals surface area contributed by atoms with Crippen molar-refractivity contribution in [3.63, 3.8) is 0 Å². The summed E-state index contributed by atoms with van der Waals surface area (Å²) < 4.78 is 0. The first kappa shape index (κ1) is 12.3. The van der Waals surface area contributed by atoms with Crippen LogP contribution in [0.15, 0.2) is 18.2 Å². The number of para-hydroxylation sites is 1. The molecular weight excluding hydrogens is 256 g/mol. The summed E-state index contributed by atoms with van der Waals surface area (Å²) in [7, 11) is 0. The Balaban J connectivity index is 1.49. The molecule has 0 spiro atoms. The zero-order valence-corrected chi connectivity index (χ0v) is 12.9. The second-order valence-corrected chi connectivity index (χ2v) is 8.25. The van der Waals surface area contributed by atoms with E-state index in [1.807, 2.05) is 0 Å². The standard InChI is InChI=1S/C19H24N2/c1-12-3-2-4-16-18(12)21-17(20-16)11-19-8-13-5-14(9-19)7-15(6-13)10-19/h2-4,13-15H,5-11H2,1H3,(H,20,21). The van der Waals surface area contributed by atoms with E-state index >= 15 is 0 Å². The highest BCUT2D eigenvalue weighted by molar-refractivity contribution is 5.78. The number of rotatable bonds is 2. The van der Waals surface area contributed by atoms with E-state index < -0.39 is 0 Å². The van der Waals surface area contributed by atoms with Crippen molar-refractivity contribution in [2.75, 3.05) is 0 Å². The first-order valence-electron chi connectivity index (χ1n) is 8.63. The molecule has 4 aliphatic carbocycles. The van der Waals surface area contributed by atoms with Crippen molar-refractivity contribution in [1.82, 2.24) is 9.97 Å². The number of nitrogens with one attached hydrogen (secondary N) is 1. The minimum Gasteiger partial charge on any atom is -0.342 e. The highest BCUT2D eigenvalue weighted by Crippen LogP contribution is 2.60. The molecule has 6 rings (SSSR count). The smallest absolute Gasteiger partial charge is 0.107 e. The number of hydrogen-bond donors (Lipinski definition) is 1. The molecule has 21 heavy (non-hydrogen) atoms. The van der Waals surface area contributed by atoms with Crippen molar-refractivity contribution in [2.24, 2.45) is 23.2 Å². The predicted octanol–water partition coefficient (Wildman–Crippen LogP) is 4.63. The van der Waals surface area contributed by atoms with Crippen LogP contribution in [-0.4, -0.2) is 9.97 Å². The molecule has 2 heteroatoms. The second-order valence-electron chi connectivity index (χ2n) is 8.25. The molecule has 1 aromatic carbocycles. The van der Waals surface area contributed by atoms with E-state index in [-0.39, 0.29) is 0 Å². The van der Waals surface area contributed by atoms with Gasteiger partial charge in [-0.25, -0.2) is 4.98 Å². The Bertz CT molecular complexity index is 661. The number of aryl methyl sites for hydroxylation is 1. The average molecular weight is 280 g/mol. The lowest BCUT2D eigenvalue weighted by molar-refractivity contribution is -0.0530. The fourth-order valence-corrected chi connectivity index (χ4v) is 6.17. The number of nitrogens with zero attached hydrogens (tertiary/aromatic N) is 1. The van der Waals surface area contributed by atoms with E-state index in [2.05, 4.69) is 30.1 Å².